The molecule has 0 spiro atoms. The molecule has 0 saturated heterocycles. The molecular weight excluding hydrogens is 386 g/mol. The molecule has 2 rings (SSSR count). The lowest BCUT2D eigenvalue weighted by Gasteiger charge is -2.17. The van der Waals surface area contributed by atoms with Gasteiger partial charge in [0.25, 0.3) is 0 Å². The maximum absolute atomic E-state index is 5.54. The van der Waals surface area contributed by atoms with Crippen molar-refractivity contribution >= 4 is 5.96 Å². The predicted octanol–water partition coefficient (Wildman–Crippen LogP) is 2.64. The molecule has 2 N–H and O–H groups in total. The molecule has 0 aromatic heterocycles. The number of hydrogen-bond acceptors (Lipinski definition) is 6. The number of nitrogens with one attached hydrogen (secondary N) is 2. The number of aliphatic imine (C=N–C) groups is 1. The number of methoxy groups -OCH3 is 5. The maximum atomic E-state index is 5.54. The van der Waals surface area contributed by atoms with Crippen LogP contribution in [0.2, 0.25) is 0 Å². The lowest BCUT2D eigenvalue weighted by atomic mass is 10.1. The van der Waals surface area contributed by atoms with Crippen LogP contribution < -0.4 is 34.3 Å². The van der Waals surface area contributed by atoms with Gasteiger partial charge in [0.05, 0.1) is 35.5 Å². The minimum absolute atomic E-state index is 0.562. The van der Waals surface area contributed by atoms with Crippen LogP contribution >= 0.6 is 0 Å². The Morgan fingerprint density at radius 1 is 0.767 bits per heavy atom. The molecule has 0 aliphatic rings. The number of hydrogen-bond donors (Lipinski definition) is 2. The van der Waals surface area contributed by atoms with Gasteiger partial charge in [-0.25, -0.2) is 0 Å². The van der Waals surface area contributed by atoms with Crippen molar-refractivity contribution in [2.75, 3.05) is 49.1 Å². The van der Waals surface area contributed by atoms with Crippen LogP contribution in [-0.4, -0.2) is 55.1 Å². The van der Waals surface area contributed by atoms with Crippen LogP contribution in [-0.2, 0) is 13.0 Å². The molecule has 0 unspecified atom stereocenters. The zero-order chi connectivity index (χ0) is 21.9. The van der Waals surface area contributed by atoms with E-state index in [-0.39, 0.29) is 0 Å². The van der Waals surface area contributed by atoms with Crippen molar-refractivity contribution in [3.8, 4) is 28.7 Å². The number of rotatable bonds is 10. The first-order valence-corrected chi connectivity index (χ1v) is 9.55. The minimum atomic E-state index is 0.562. The van der Waals surface area contributed by atoms with E-state index in [1.165, 1.54) is 0 Å². The largest absolute Gasteiger partial charge is 0.497 e. The SMILES string of the molecule is CN=C(NCCc1ccc(OC)c(OC)c1OC)NCc1ccc(OC)cc1OC. The molecule has 0 bridgehead atoms. The molecule has 8 heteroatoms. The molecule has 0 saturated carbocycles. The van der Waals surface area contributed by atoms with E-state index in [1.807, 2.05) is 30.3 Å². The second-order valence-corrected chi connectivity index (χ2v) is 6.27. The molecular formula is C22H31N3O5. The molecule has 2 aromatic rings. The maximum Gasteiger partial charge on any atom is 0.203 e. The van der Waals surface area contributed by atoms with E-state index in [2.05, 4.69) is 15.6 Å². The Morgan fingerprint density at radius 3 is 2.07 bits per heavy atom. The normalized spacial score (nSPS) is 10.9. The van der Waals surface area contributed by atoms with Crippen LogP contribution in [0.4, 0.5) is 0 Å². The highest BCUT2D eigenvalue weighted by Gasteiger charge is 2.15. The Kier molecular flexibility index (Phi) is 8.93. The van der Waals surface area contributed by atoms with Crippen LogP contribution in [0, 0.1) is 0 Å². The first-order valence-electron chi connectivity index (χ1n) is 9.55. The quantitative estimate of drug-likeness (QED) is 0.454. The highest BCUT2D eigenvalue weighted by Crippen LogP contribution is 2.39. The Hall–Kier alpha value is -3.29. The van der Waals surface area contributed by atoms with E-state index in [0.29, 0.717) is 36.3 Å². The van der Waals surface area contributed by atoms with Crippen molar-refractivity contribution in [3.63, 3.8) is 0 Å². The van der Waals surface area contributed by atoms with Crippen LogP contribution in [0.25, 0.3) is 0 Å². The number of nitrogens with zero attached hydrogens (tertiary/aromatic N) is 1. The van der Waals surface area contributed by atoms with E-state index < -0.39 is 0 Å². The monoisotopic (exact) mass is 417 g/mol. The van der Waals surface area contributed by atoms with Crippen molar-refractivity contribution in [2.24, 2.45) is 4.99 Å². The molecule has 0 radical (unpaired) electrons. The summed E-state index contributed by atoms with van der Waals surface area (Å²) < 4.78 is 27.0. The van der Waals surface area contributed by atoms with Crippen molar-refractivity contribution in [3.05, 3.63) is 41.5 Å². The summed E-state index contributed by atoms with van der Waals surface area (Å²) in [6.07, 6.45) is 0.718. The molecule has 164 valence electrons. The first-order chi connectivity index (χ1) is 14.6. The van der Waals surface area contributed by atoms with Gasteiger partial charge in [-0.3, -0.25) is 4.99 Å². The van der Waals surface area contributed by atoms with Gasteiger partial charge in [0.1, 0.15) is 11.5 Å². The highest BCUT2D eigenvalue weighted by molar-refractivity contribution is 5.79. The van der Waals surface area contributed by atoms with E-state index in [0.717, 1.165) is 29.0 Å². The summed E-state index contributed by atoms with van der Waals surface area (Å²) in [6, 6.07) is 9.57. The summed E-state index contributed by atoms with van der Waals surface area (Å²) in [4.78, 5) is 4.28. The van der Waals surface area contributed by atoms with Gasteiger partial charge in [-0.05, 0) is 24.6 Å². The van der Waals surface area contributed by atoms with Gasteiger partial charge in [-0.1, -0.05) is 6.07 Å². The van der Waals surface area contributed by atoms with Crippen LogP contribution in [0.5, 0.6) is 28.7 Å². The molecule has 30 heavy (non-hydrogen) atoms. The second-order valence-electron chi connectivity index (χ2n) is 6.27. The summed E-state index contributed by atoms with van der Waals surface area (Å²) in [5.74, 6) is 4.09. The highest BCUT2D eigenvalue weighted by atomic mass is 16.5. The summed E-state index contributed by atoms with van der Waals surface area (Å²) >= 11 is 0. The molecule has 2 aromatic carbocycles. The Morgan fingerprint density at radius 2 is 1.47 bits per heavy atom. The Labute approximate surface area is 178 Å². The van der Waals surface area contributed by atoms with Gasteiger partial charge in [0.15, 0.2) is 17.5 Å². The standard InChI is InChI=1S/C22H31N3O5/c1-23-22(25-14-16-7-9-17(26-2)13-19(16)28-4)24-12-11-15-8-10-18(27-3)21(30-6)20(15)29-5/h7-10,13H,11-12,14H2,1-6H3,(H2,23,24,25). The topological polar surface area (TPSA) is 82.6 Å². The van der Waals surface area contributed by atoms with Gasteiger partial charge in [-0.2, -0.15) is 0 Å². The number of benzene rings is 2. The third-order valence-electron chi connectivity index (χ3n) is 4.64. The summed E-state index contributed by atoms with van der Waals surface area (Å²) in [5.41, 5.74) is 2.01. The van der Waals surface area contributed by atoms with Crippen molar-refractivity contribution in [1.29, 1.82) is 0 Å². The molecule has 0 atom stereocenters. The second kappa shape index (κ2) is 11.6. The molecule has 0 amide bonds. The van der Waals surface area contributed by atoms with Crippen LogP contribution in [0.3, 0.4) is 0 Å². The average molecular weight is 418 g/mol. The predicted molar refractivity (Wildman–Crippen MR) is 118 cm³/mol. The fraction of sp³-hybridized carbons (Fsp3) is 0.409. The lowest BCUT2D eigenvalue weighted by molar-refractivity contribution is 0.322. The third kappa shape index (κ3) is 5.62. The smallest absolute Gasteiger partial charge is 0.203 e. The fourth-order valence-corrected chi connectivity index (χ4v) is 3.07. The van der Waals surface area contributed by atoms with Gasteiger partial charge < -0.3 is 34.3 Å². The van der Waals surface area contributed by atoms with Gasteiger partial charge in [0, 0.05) is 37.3 Å². The number of ether oxygens (including phenoxy) is 5. The van der Waals surface area contributed by atoms with Crippen molar-refractivity contribution in [1.82, 2.24) is 10.6 Å². The van der Waals surface area contributed by atoms with Gasteiger partial charge in [-0.15, -0.1) is 0 Å². The van der Waals surface area contributed by atoms with Crippen molar-refractivity contribution in [2.45, 2.75) is 13.0 Å². The van der Waals surface area contributed by atoms with Crippen LogP contribution in [0.1, 0.15) is 11.1 Å². The lowest BCUT2D eigenvalue weighted by Crippen LogP contribution is -2.38. The third-order valence-corrected chi connectivity index (χ3v) is 4.64. The Bertz CT molecular complexity index is 855. The minimum Gasteiger partial charge on any atom is -0.497 e. The molecule has 0 heterocycles. The number of guanidine groups is 1. The molecule has 0 aliphatic carbocycles. The molecule has 8 nitrogen and oxygen atoms in total. The molecule has 0 aliphatic heterocycles. The average Bonchev–Trinajstić information content (AvgIpc) is 2.80. The van der Waals surface area contributed by atoms with E-state index in [4.69, 9.17) is 23.7 Å². The van der Waals surface area contributed by atoms with Crippen LogP contribution in [0.15, 0.2) is 35.3 Å². The summed E-state index contributed by atoms with van der Waals surface area (Å²) in [5, 5.41) is 6.61. The fourth-order valence-electron chi connectivity index (χ4n) is 3.07. The van der Waals surface area contributed by atoms with E-state index in [9.17, 15) is 0 Å². The van der Waals surface area contributed by atoms with E-state index in [1.54, 1.807) is 42.6 Å². The zero-order valence-corrected chi connectivity index (χ0v) is 18.5. The van der Waals surface area contributed by atoms with Gasteiger partial charge >= 0.3 is 0 Å². The molecule has 0 fully saturated rings. The van der Waals surface area contributed by atoms with E-state index >= 15 is 0 Å². The summed E-state index contributed by atoms with van der Waals surface area (Å²) in [7, 11) is 9.83. The first kappa shape index (κ1) is 23.0. The van der Waals surface area contributed by atoms with Crippen molar-refractivity contribution < 1.29 is 23.7 Å². The zero-order valence-electron chi connectivity index (χ0n) is 18.5. The van der Waals surface area contributed by atoms with Gasteiger partial charge in [0.2, 0.25) is 5.75 Å². The Balaban J connectivity index is 1.97. The summed E-state index contributed by atoms with van der Waals surface area (Å²) in [6.45, 7) is 1.22.